The van der Waals surface area contributed by atoms with E-state index in [1.807, 2.05) is 11.8 Å². The molecule has 1 saturated carbocycles. The molecule has 1 aromatic rings. The molecule has 1 heterocycles. The van der Waals surface area contributed by atoms with Gasteiger partial charge in [0.15, 0.2) is 0 Å². The van der Waals surface area contributed by atoms with E-state index in [1.54, 1.807) is 0 Å². The van der Waals surface area contributed by atoms with Crippen molar-refractivity contribution in [3.63, 3.8) is 0 Å². The molecule has 0 amide bonds. The average molecular weight is 277 g/mol. The fourth-order valence-corrected chi connectivity index (χ4v) is 4.50. The Morgan fingerprint density at radius 3 is 2.95 bits per heavy atom. The fourth-order valence-electron chi connectivity index (χ4n) is 3.27. The van der Waals surface area contributed by atoms with Crippen LogP contribution in [0.1, 0.15) is 37.2 Å². The van der Waals surface area contributed by atoms with Crippen molar-refractivity contribution in [1.82, 2.24) is 0 Å². The molecule has 2 N–H and O–H groups in total. The fraction of sp³-hybridized carbons (Fsp3) is 0.625. The van der Waals surface area contributed by atoms with Crippen molar-refractivity contribution < 1.29 is 4.74 Å². The Balaban J connectivity index is 1.58. The normalized spacial score (nSPS) is 30.3. The van der Waals surface area contributed by atoms with Crippen LogP contribution in [0.15, 0.2) is 29.2 Å². The van der Waals surface area contributed by atoms with Gasteiger partial charge in [-0.1, -0.05) is 31.0 Å². The molecule has 3 unspecified atom stereocenters. The smallest absolute Gasteiger partial charge is 0.0615 e. The Hall–Kier alpha value is -0.510. The van der Waals surface area contributed by atoms with Gasteiger partial charge in [-0.3, -0.25) is 0 Å². The summed E-state index contributed by atoms with van der Waals surface area (Å²) in [6, 6.07) is 8.75. The maximum Gasteiger partial charge on any atom is 0.0615 e. The molecule has 2 nitrogen and oxygen atoms in total. The zero-order valence-corrected chi connectivity index (χ0v) is 12.2. The van der Waals surface area contributed by atoms with Crippen molar-refractivity contribution in [3.8, 4) is 0 Å². The van der Waals surface area contributed by atoms with Crippen LogP contribution >= 0.6 is 11.8 Å². The molecule has 19 heavy (non-hydrogen) atoms. The summed E-state index contributed by atoms with van der Waals surface area (Å²) < 4.78 is 6.23. The van der Waals surface area contributed by atoms with Crippen molar-refractivity contribution >= 4 is 11.8 Å². The number of benzene rings is 1. The van der Waals surface area contributed by atoms with Gasteiger partial charge >= 0.3 is 0 Å². The zero-order valence-electron chi connectivity index (χ0n) is 11.4. The van der Waals surface area contributed by atoms with E-state index >= 15 is 0 Å². The SMILES string of the molecule is NCC1CCCCC1OCC1CSc2ccccc21. The number of hydrogen-bond donors (Lipinski definition) is 1. The van der Waals surface area contributed by atoms with Crippen molar-refractivity contribution in [2.24, 2.45) is 11.7 Å². The van der Waals surface area contributed by atoms with Gasteiger partial charge in [-0.25, -0.2) is 0 Å². The van der Waals surface area contributed by atoms with E-state index in [1.165, 1.54) is 41.9 Å². The minimum absolute atomic E-state index is 0.400. The standard InChI is InChI=1S/C16H23NOS/c17-9-12-5-1-3-7-15(12)18-10-13-11-19-16-8-4-2-6-14(13)16/h2,4,6,8,12-13,15H,1,3,5,7,9-11,17H2. The van der Waals surface area contributed by atoms with Crippen LogP contribution in [-0.4, -0.2) is 25.0 Å². The third-order valence-corrected chi connectivity index (χ3v) is 5.70. The molecule has 0 radical (unpaired) electrons. The van der Waals surface area contributed by atoms with E-state index in [4.69, 9.17) is 10.5 Å². The molecular formula is C16H23NOS. The molecule has 0 spiro atoms. The molecule has 0 aromatic heterocycles. The molecular weight excluding hydrogens is 254 g/mol. The van der Waals surface area contributed by atoms with E-state index in [0.717, 1.165) is 13.2 Å². The summed E-state index contributed by atoms with van der Waals surface area (Å²) >= 11 is 1.96. The third-order valence-electron chi connectivity index (χ3n) is 4.45. The quantitative estimate of drug-likeness (QED) is 0.916. The Bertz CT molecular complexity index is 423. The van der Waals surface area contributed by atoms with Gasteiger partial charge in [0.05, 0.1) is 12.7 Å². The highest BCUT2D eigenvalue weighted by molar-refractivity contribution is 7.99. The summed E-state index contributed by atoms with van der Waals surface area (Å²) in [5, 5.41) is 0. The second kappa shape index (κ2) is 6.29. The first kappa shape index (κ1) is 13.5. The largest absolute Gasteiger partial charge is 0.377 e. The van der Waals surface area contributed by atoms with Crippen LogP contribution in [0.2, 0.25) is 0 Å². The first-order valence-electron chi connectivity index (χ1n) is 7.42. The number of ether oxygens (including phenoxy) is 1. The first-order chi connectivity index (χ1) is 9.38. The summed E-state index contributed by atoms with van der Waals surface area (Å²) in [6.45, 7) is 1.64. The third kappa shape index (κ3) is 2.99. The number of rotatable bonds is 4. The monoisotopic (exact) mass is 277 g/mol. The summed E-state index contributed by atoms with van der Waals surface area (Å²) in [6.07, 6.45) is 5.47. The van der Waals surface area contributed by atoms with Crippen LogP contribution in [-0.2, 0) is 4.74 Å². The van der Waals surface area contributed by atoms with Gasteiger partial charge in [0.25, 0.3) is 0 Å². The topological polar surface area (TPSA) is 35.2 Å². The van der Waals surface area contributed by atoms with Crippen LogP contribution in [0, 0.1) is 5.92 Å². The van der Waals surface area contributed by atoms with Gasteiger partial charge in [-0.15, -0.1) is 11.8 Å². The second-order valence-corrected chi connectivity index (χ2v) is 6.76. The van der Waals surface area contributed by atoms with E-state index in [0.29, 0.717) is 17.9 Å². The van der Waals surface area contributed by atoms with E-state index in [2.05, 4.69) is 24.3 Å². The van der Waals surface area contributed by atoms with Gasteiger partial charge in [0.1, 0.15) is 0 Å². The highest BCUT2D eigenvalue weighted by atomic mass is 32.2. The number of fused-ring (bicyclic) bond motifs is 1. The van der Waals surface area contributed by atoms with Gasteiger partial charge < -0.3 is 10.5 Å². The maximum absolute atomic E-state index is 6.23. The lowest BCUT2D eigenvalue weighted by Gasteiger charge is -2.31. The molecule has 1 aromatic carbocycles. The van der Waals surface area contributed by atoms with Crippen molar-refractivity contribution in [1.29, 1.82) is 0 Å². The lowest BCUT2D eigenvalue weighted by atomic mass is 9.86. The Morgan fingerprint density at radius 1 is 1.21 bits per heavy atom. The van der Waals surface area contributed by atoms with E-state index < -0.39 is 0 Å². The van der Waals surface area contributed by atoms with Crippen LogP contribution in [0.4, 0.5) is 0 Å². The van der Waals surface area contributed by atoms with Crippen LogP contribution in [0.3, 0.4) is 0 Å². The summed E-state index contributed by atoms with van der Waals surface area (Å²) in [7, 11) is 0. The summed E-state index contributed by atoms with van der Waals surface area (Å²) in [5.74, 6) is 2.32. The summed E-state index contributed by atoms with van der Waals surface area (Å²) in [4.78, 5) is 1.44. The first-order valence-corrected chi connectivity index (χ1v) is 8.40. The molecule has 3 heteroatoms. The molecule has 1 aliphatic heterocycles. The highest BCUT2D eigenvalue weighted by Crippen LogP contribution is 2.40. The van der Waals surface area contributed by atoms with E-state index in [9.17, 15) is 0 Å². The van der Waals surface area contributed by atoms with Crippen molar-refractivity contribution in [3.05, 3.63) is 29.8 Å². The lowest BCUT2D eigenvalue weighted by Crippen LogP contribution is -2.34. The minimum Gasteiger partial charge on any atom is -0.377 e. The molecule has 2 aliphatic rings. The van der Waals surface area contributed by atoms with Crippen LogP contribution in [0.5, 0.6) is 0 Å². The molecule has 1 fully saturated rings. The molecule has 1 aliphatic carbocycles. The molecule has 0 bridgehead atoms. The van der Waals surface area contributed by atoms with Gasteiger partial charge in [-0.05, 0) is 36.9 Å². The number of thioether (sulfide) groups is 1. The van der Waals surface area contributed by atoms with Crippen LogP contribution < -0.4 is 5.73 Å². The lowest BCUT2D eigenvalue weighted by molar-refractivity contribution is -0.0125. The summed E-state index contributed by atoms with van der Waals surface area (Å²) in [5.41, 5.74) is 7.35. The number of hydrogen-bond acceptors (Lipinski definition) is 3. The molecule has 3 atom stereocenters. The Morgan fingerprint density at radius 2 is 2.05 bits per heavy atom. The Labute approximate surface area is 120 Å². The molecule has 3 rings (SSSR count). The average Bonchev–Trinajstić information content (AvgIpc) is 2.89. The zero-order chi connectivity index (χ0) is 13.1. The number of nitrogens with two attached hydrogens (primary N) is 1. The van der Waals surface area contributed by atoms with Gasteiger partial charge in [0.2, 0.25) is 0 Å². The van der Waals surface area contributed by atoms with Crippen LogP contribution in [0.25, 0.3) is 0 Å². The van der Waals surface area contributed by atoms with Crippen molar-refractivity contribution in [2.45, 2.75) is 42.6 Å². The Kier molecular flexibility index (Phi) is 4.46. The van der Waals surface area contributed by atoms with Crippen molar-refractivity contribution in [2.75, 3.05) is 18.9 Å². The van der Waals surface area contributed by atoms with Gasteiger partial charge in [-0.2, -0.15) is 0 Å². The molecule has 104 valence electrons. The predicted octanol–water partition coefficient (Wildman–Crippen LogP) is 3.41. The minimum atomic E-state index is 0.400. The maximum atomic E-state index is 6.23. The highest BCUT2D eigenvalue weighted by Gasteiger charge is 2.28. The van der Waals surface area contributed by atoms with E-state index in [-0.39, 0.29) is 0 Å². The second-order valence-electron chi connectivity index (χ2n) is 5.70. The molecule has 0 saturated heterocycles. The van der Waals surface area contributed by atoms with Gasteiger partial charge in [0, 0.05) is 16.6 Å². The predicted molar refractivity (Wildman–Crippen MR) is 80.7 cm³/mol.